The largest absolute Gasteiger partial charge is 0.358 e. The summed E-state index contributed by atoms with van der Waals surface area (Å²) in [5.41, 5.74) is 0.928. The maximum absolute atomic E-state index is 5.39. The van der Waals surface area contributed by atoms with E-state index in [1.54, 1.807) is 12.4 Å². The molecule has 19 heavy (non-hydrogen) atoms. The zero-order valence-electron chi connectivity index (χ0n) is 11.6. The van der Waals surface area contributed by atoms with Gasteiger partial charge in [0.05, 0.1) is 11.9 Å². The van der Waals surface area contributed by atoms with Gasteiger partial charge in [0.2, 0.25) is 0 Å². The second-order valence-electron chi connectivity index (χ2n) is 5.26. The van der Waals surface area contributed by atoms with E-state index in [1.807, 2.05) is 12.1 Å². The van der Waals surface area contributed by atoms with Gasteiger partial charge in [-0.15, -0.1) is 0 Å². The van der Waals surface area contributed by atoms with Crippen LogP contribution in [0, 0.1) is 0 Å². The van der Waals surface area contributed by atoms with Crippen LogP contribution in [0.2, 0.25) is 0 Å². The zero-order valence-corrected chi connectivity index (χ0v) is 12.4. The molecular weight excluding hydrogens is 256 g/mol. The average molecular weight is 278 g/mol. The van der Waals surface area contributed by atoms with E-state index in [0.29, 0.717) is 17.2 Å². The second kappa shape index (κ2) is 6.82. The first-order chi connectivity index (χ1) is 9.16. The van der Waals surface area contributed by atoms with Crippen LogP contribution in [-0.2, 0) is 0 Å². The summed E-state index contributed by atoms with van der Waals surface area (Å²) in [5, 5.41) is 7.32. The first-order valence-corrected chi connectivity index (χ1v) is 7.21. The number of anilines is 1. The summed E-state index contributed by atoms with van der Waals surface area (Å²) >= 11 is 5.39. The predicted octanol–water partition coefficient (Wildman–Crippen LogP) is 2.24. The third-order valence-corrected chi connectivity index (χ3v) is 3.85. The van der Waals surface area contributed by atoms with Crippen LogP contribution >= 0.6 is 12.2 Å². The van der Waals surface area contributed by atoms with Crippen molar-refractivity contribution in [2.24, 2.45) is 0 Å². The highest BCUT2D eigenvalue weighted by molar-refractivity contribution is 7.80. The Kier molecular flexibility index (Phi) is 5.10. The highest BCUT2D eigenvalue weighted by Gasteiger charge is 2.26. The molecule has 0 aliphatic heterocycles. The van der Waals surface area contributed by atoms with Crippen LogP contribution in [0.15, 0.2) is 24.5 Å². The third-order valence-electron chi connectivity index (χ3n) is 3.63. The first kappa shape index (κ1) is 14.2. The molecule has 1 aliphatic carbocycles. The lowest BCUT2D eigenvalue weighted by Gasteiger charge is -2.37. The van der Waals surface area contributed by atoms with Gasteiger partial charge in [-0.2, -0.15) is 0 Å². The Labute approximate surface area is 120 Å². The van der Waals surface area contributed by atoms with Gasteiger partial charge in [0.15, 0.2) is 5.11 Å². The molecule has 1 aromatic heterocycles. The van der Waals surface area contributed by atoms with Gasteiger partial charge in [-0.05, 0) is 51.3 Å². The molecule has 1 heterocycles. The minimum absolute atomic E-state index is 0.431. The zero-order chi connectivity index (χ0) is 13.7. The van der Waals surface area contributed by atoms with Gasteiger partial charge in [0, 0.05) is 18.3 Å². The van der Waals surface area contributed by atoms with Crippen LogP contribution in [-0.4, -0.2) is 41.2 Å². The van der Waals surface area contributed by atoms with Gasteiger partial charge in [-0.3, -0.25) is 4.98 Å². The summed E-state index contributed by atoms with van der Waals surface area (Å²) in [6, 6.07) is 4.85. The monoisotopic (exact) mass is 278 g/mol. The van der Waals surface area contributed by atoms with E-state index < -0.39 is 0 Å². The molecule has 2 N–H and O–H groups in total. The van der Waals surface area contributed by atoms with Crippen molar-refractivity contribution in [2.75, 3.05) is 19.4 Å². The van der Waals surface area contributed by atoms with E-state index in [-0.39, 0.29) is 0 Å². The summed E-state index contributed by atoms with van der Waals surface area (Å²) in [6.45, 7) is 0. The molecule has 1 aromatic rings. The van der Waals surface area contributed by atoms with Crippen molar-refractivity contribution in [2.45, 2.75) is 37.8 Å². The quantitative estimate of drug-likeness (QED) is 0.830. The molecule has 0 aromatic carbocycles. The van der Waals surface area contributed by atoms with Crippen molar-refractivity contribution in [3.63, 3.8) is 0 Å². The molecule has 5 heteroatoms. The Morgan fingerprint density at radius 3 is 2.84 bits per heavy atom. The highest BCUT2D eigenvalue weighted by atomic mass is 32.1. The van der Waals surface area contributed by atoms with Crippen LogP contribution in [0.3, 0.4) is 0 Å². The Balaban J connectivity index is 1.90. The standard InChI is InChI=1S/C14H22N4S/c1-18(2)13-8-4-3-7-12(13)17-14(19)16-11-6-5-9-15-10-11/h5-6,9-10,12-13H,3-4,7-8H2,1-2H3,(H2,16,17,19)/t12-,13-/m1/s1. The minimum atomic E-state index is 0.431. The first-order valence-electron chi connectivity index (χ1n) is 6.81. The van der Waals surface area contributed by atoms with Crippen molar-refractivity contribution in [1.82, 2.24) is 15.2 Å². The van der Waals surface area contributed by atoms with E-state index in [0.717, 1.165) is 5.69 Å². The summed E-state index contributed by atoms with van der Waals surface area (Å²) in [6.07, 6.45) is 8.53. The average Bonchev–Trinajstić information content (AvgIpc) is 2.40. The van der Waals surface area contributed by atoms with Crippen molar-refractivity contribution in [1.29, 1.82) is 0 Å². The fraction of sp³-hybridized carbons (Fsp3) is 0.571. The van der Waals surface area contributed by atoms with Crippen molar-refractivity contribution in [3.8, 4) is 0 Å². The van der Waals surface area contributed by atoms with E-state index in [4.69, 9.17) is 12.2 Å². The van der Waals surface area contributed by atoms with Gasteiger partial charge in [-0.25, -0.2) is 0 Å². The summed E-state index contributed by atoms with van der Waals surface area (Å²) in [4.78, 5) is 6.36. The summed E-state index contributed by atoms with van der Waals surface area (Å²) in [5.74, 6) is 0. The van der Waals surface area contributed by atoms with Crippen LogP contribution in [0.1, 0.15) is 25.7 Å². The smallest absolute Gasteiger partial charge is 0.171 e. The molecule has 0 radical (unpaired) electrons. The second-order valence-corrected chi connectivity index (χ2v) is 5.67. The molecule has 0 unspecified atom stereocenters. The lowest BCUT2D eigenvalue weighted by molar-refractivity contribution is 0.190. The molecule has 2 atom stereocenters. The number of nitrogens with zero attached hydrogens (tertiary/aromatic N) is 2. The predicted molar refractivity (Wildman–Crippen MR) is 83.3 cm³/mol. The fourth-order valence-corrected chi connectivity index (χ4v) is 2.94. The number of nitrogens with one attached hydrogen (secondary N) is 2. The molecule has 104 valence electrons. The number of pyridine rings is 1. The molecule has 2 rings (SSSR count). The number of aromatic nitrogens is 1. The van der Waals surface area contributed by atoms with E-state index in [1.165, 1.54) is 25.7 Å². The third kappa shape index (κ3) is 4.14. The van der Waals surface area contributed by atoms with Crippen molar-refractivity contribution >= 4 is 23.0 Å². The molecule has 4 nitrogen and oxygen atoms in total. The lowest BCUT2D eigenvalue weighted by Crippen LogP contribution is -2.52. The molecule has 1 saturated carbocycles. The number of rotatable bonds is 3. The maximum Gasteiger partial charge on any atom is 0.171 e. The van der Waals surface area contributed by atoms with E-state index in [9.17, 15) is 0 Å². The summed E-state index contributed by atoms with van der Waals surface area (Å²) in [7, 11) is 4.28. The van der Waals surface area contributed by atoms with Gasteiger partial charge in [0.1, 0.15) is 0 Å². The van der Waals surface area contributed by atoms with Gasteiger partial charge in [-0.1, -0.05) is 12.8 Å². The normalized spacial score (nSPS) is 23.1. The molecule has 0 amide bonds. The number of hydrogen-bond acceptors (Lipinski definition) is 3. The number of thiocarbonyl (C=S) groups is 1. The van der Waals surface area contributed by atoms with Crippen LogP contribution in [0.4, 0.5) is 5.69 Å². The van der Waals surface area contributed by atoms with Crippen LogP contribution < -0.4 is 10.6 Å². The number of likely N-dealkylation sites (N-methyl/N-ethyl adjacent to an activating group) is 1. The molecule has 1 fully saturated rings. The van der Waals surface area contributed by atoms with Crippen molar-refractivity contribution in [3.05, 3.63) is 24.5 Å². The summed E-state index contributed by atoms with van der Waals surface area (Å²) < 4.78 is 0. The SMILES string of the molecule is CN(C)[C@@H]1CCCC[C@H]1NC(=S)Nc1cccnc1. The maximum atomic E-state index is 5.39. The fourth-order valence-electron chi connectivity index (χ4n) is 2.67. The molecule has 0 spiro atoms. The molecule has 1 aliphatic rings. The lowest BCUT2D eigenvalue weighted by atomic mass is 9.90. The Morgan fingerprint density at radius 2 is 2.16 bits per heavy atom. The van der Waals surface area contributed by atoms with Gasteiger partial charge >= 0.3 is 0 Å². The Bertz CT molecular complexity index is 407. The van der Waals surface area contributed by atoms with E-state index in [2.05, 4.69) is 34.6 Å². The van der Waals surface area contributed by atoms with Crippen LogP contribution in [0.5, 0.6) is 0 Å². The van der Waals surface area contributed by atoms with Gasteiger partial charge < -0.3 is 15.5 Å². The van der Waals surface area contributed by atoms with Crippen molar-refractivity contribution < 1.29 is 0 Å². The Morgan fingerprint density at radius 1 is 1.37 bits per heavy atom. The van der Waals surface area contributed by atoms with Gasteiger partial charge in [0.25, 0.3) is 0 Å². The molecule has 0 saturated heterocycles. The highest BCUT2D eigenvalue weighted by Crippen LogP contribution is 2.21. The number of hydrogen-bond donors (Lipinski definition) is 2. The Hall–Kier alpha value is -1.20. The van der Waals surface area contributed by atoms with E-state index >= 15 is 0 Å². The minimum Gasteiger partial charge on any atom is -0.358 e. The molecular formula is C14H22N4S. The molecule has 0 bridgehead atoms. The van der Waals surface area contributed by atoms with Crippen LogP contribution in [0.25, 0.3) is 0 Å². The topological polar surface area (TPSA) is 40.2 Å².